The van der Waals surface area contributed by atoms with Gasteiger partial charge in [0.2, 0.25) is 5.91 Å². The second kappa shape index (κ2) is 40.9. The minimum atomic E-state index is -1.02. The van der Waals surface area contributed by atoms with Gasteiger partial charge < -0.3 is 15.2 Å². The zero-order valence-electron chi connectivity index (χ0n) is 33.6. The normalized spacial score (nSPS) is 12.7. The first-order chi connectivity index (χ1) is 25.5. The van der Waals surface area contributed by atoms with Crippen molar-refractivity contribution >= 4 is 17.8 Å². The van der Waals surface area contributed by atoms with E-state index in [4.69, 9.17) is 9.84 Å². The first-order valence-corrected chi connectivity index (χ1v) is 21.4. The monoisotopic (exact) mass is 726 g/mol. The van der Waals surface area contributed by atoms with Crippen molar-refractivity contribution in [2.75, 3.05) is 6.54 Å². The van der Waals surface area contributed by atoms with E-state index in [0.29, 0.717) is 12.8 Å². The van der Waals surface area contributed by atoms with E-state index in [1.54, 1.807) is 0 Å². The molecule has 0 aromatic heterocycles. The topological polar surface area (TPSA) is 92.7 Å². The molecule has 0 aromatic rings. The maximum atomic E-state index is 12.7. The van der Waals surface area contributed by atoms with Crippen molar-refractivity contribution in [3.8, 4) is 0 Å². The second-order valence-electron chi connectivity index (χ2n) is 14.2. The highest BCUT2D eigenvalue weighted by molar-refractivity contribution is 5.80. The van der Waals surface area contributed by atoms with Crippen LogP contribution in [0.15, 0.2) is 60.8 Å². The number of hydrogen-bond acceptors (Lipinski definition) is 4. The number of nitrogens with one attached hydrogen (secondary N) is 1. The van der Waals surface area contributed by atoms with Crippen molar-refractivity contribution in [3.63, 3.8) is 0 Å². The van der Waals surface area contributed by atoms with Crippen LogP contribution in [0, 0.1) is 0 Å². The number of carboxylic acids is 1. The van der Waals surface area contributed by atoms with Crippen LogP contribution in [0.5, 0.6) is 0 Å². The minimum Gasteiger partial charge on any atom is -0.480 e. The Kier molecular flexibility index (Phi) is 38.6. The van der Waals surface area contributed by atoms with Crippen LogP contribution in [0.25, 0.3) is 0 Å². The molecule has 6 heteroatoms. The van der Waals surface area contributed by atoms with Gasteiger partial charge in [0.15, 0.2) is 0 Å². The molecule has 1 amide bonds. The molecule has 0 aliphatic heterocycles. The number of hydrogen-bond donors (Lipinski definition) is 2. The lowest BCUT2D eigenvalue weighted by molar-refractivity contribution is -0.150. The number of amides is 1. The Bertz CT molecular complexity index is 979. The third kappa shape index (κ3) is 39.9. The number of unbranched alkanes of at least 4 members (excludes halogenated alkanes) is 17. The van der Waals surface area contributed by atoms with Crippen LogP contribution in [-0.2, 0) is 19.1 Å². The fourth-order valence-corrected chi connectivity index (χ4v) is 6.07. The van der Waals surface area contributed by atoms with Gasteiger partial charge in [0.05, 0.1) is 0 Å². The summed E-state index contributed by atoms with van der Waals surface area (Å²) in [5.74, 6) is -1.26. The second-order valence-corrected chi connectivity index (χ2v) is 14.2. The smallest absolute Gasteiger partial charge is 0.322 e. The van der Waals surface area contributed by atoms with Crippen LogP contribution in [0.1, 0.15) is 200 Å². The highest BCUT2D eigenvalue weighted by atomic mass is 16.5. The minimum absolute atomic E-state index is 0.00848. The number of carbonyl (C=O) groups excluding carboxylic acids is 2. The molecular formula is C46H79NO5. The van der Waals surface area contributed by atoms with Crippen LogP contribution in [0.2, 0.25) is 0 Å². The Hall–Kier alpha value is -2.89. The van der Waals surface area contributed by atoms with Gasteiger partial charge in [-0.3, -0.25) is 14.4 Å². The van der Waals surface area contributed by atoms with E-state index in [1.807, 2.05) is 0 Å². The summed E-state index contributed by atoms with van der Waals surface area (Å²) < 4.78 is 6.01. The van der Waals surface area contributed by atoms with Gasteiger partial charge in [-0.2, -0.15) is 0 Å². The summed E-state index contributed by atoms with van der Waals surface area (Å²) in [6.07, 6.45) is 53.4. The first kappa shape index (κ1) is 49.1. The van der Waals surface area contributed by atoms with E-state index in [9.17, 15) is 14.4 Å². The number of rotatable bonds is 38. The van der Waals surface area contributed by atoms with Gasteiger partial charge in [-0.1, -0.05) is 164 Å². The quantitative estimate of drug-likeness (QED) is 0.0375. The number of carboxylic acid groups (broad SMARTS) is 1. The average Bonchev–Trinajstić information content (AvgIpc) is 3.13. The Morgan fingerprint density at radius 1 is 0.519 bits per heavy atom. The summed E-state index contributed by atoms with van der Waals surface area (Å²) in [5.41, 5.74) is 0. The molecule has 1 unspecified atom stereocenters. The number of esters is 1. The molecule has 0 spiro atoms. The summed E-state index contributed by atoms with van der Waals surface area (Å²) in [7, 11) is 0. The summed E-state index contributed by atoms with van der Waals surface area (Å²) in [4.78, 5) is 35.0. The summed E-state index contributed by atoms with van der Waals surface area (Å²) in [6, 6.07) is 0. The zero-order valence-corrected chi connectivity index (χ0v) is 33.6. The number of aliphatic carboxylic acids is 1. The lowest BCUT2D eigenvalue weighted by Crippen LogP contribution is -2.28. The van der Waals surface area contributed by atoms with E-state index in [2.05, 4.69) is 79.9 Å². The zero-order chi connectivity index (χ0) is 38.0. The average molecular weight is 726 g/mol. The van der Waals surface area contributed by atoms with Crippen LogP contribution in [-0.4, -0.2) is 35.6 Å². The highest BCUT2D eigenvalue weighted by Gasteiger charge is 2.14. The van der Waals surface area contributed by atoms with Crippen LogP contribution < -0.4 is 5.32 Å². The molecule has 0 saturated heterocycles. The van der Waals surface area contributed by atoms with Gasteiger partial charge in [-0.05, 0) is 83.5 Å². The van der Waals surface area contributed by atoms with Crippen LogP contribution >= 0.6 is 0 Å². The van der Waals surface area contributed by atoms with Crippen molar-refractivity contribution in [2.45, 2.75) is 206 Å². The standard InChI is InChI=1S/C46H79NO5/c1-3-5-7-9-11-13-15-16-17-18-19-20-21-22-24-26-28-33-37-41-46(51)52-43(38-34-30-27-25-23-14-12-10-8-6-4-2)39-35-31-29-32-36-40-44(48)47-42-45(49)50/h5,7,11,13,16-17,19-20,22,24,43H,3-4,6,8-10,12,14-15,18,21,23,25-42H2,1-2H3,(H,47,48)(H,49,50)/b7-5-,13-11-,17-16-,20-19-,24-22-. The molecule has 0 aliphatic rings. The molecule has 0 radical (unpaired) electrons. The predicted molar refractivity (Wildman–Crippen MR) is 221 cm³/mol. The number of allylic oxidation sites excluding steroid dienone is 10. The van der Waals surface area contributed by atoms with E-state index < -0.39 is 5.97 Å². The SMILES string of the molecule is CC/C=C\C/C=C\C/C=C\C/C=C\C/C=C\CCCCCC(=O)OC(CCCCCCCCCCCCC)CCCCCCCC(=O)NCC(=O)O. The Morgan fingerprint density at radius 3 is 1.44 bits per heavy atom. The summed E-state index contributed by atoms with van der Waals surface area (Å²) >= 11 is 0. The van der Waals surface area contributed by atoms with Gasteiger partial charge in [0.1, 0.15) is 12.6 Å². The summed E-state index contributed by atoms with van der Waals surface area (Å²) in [6.45, 7) is 4.11. The van der Waals surface area contributed by atoms with E-state index in [0.717, 1.165) is 109 Å². The maximum Gasteiger partial charge on any atom is 0.322 e. The van der Waals surface area contributed by atoms with Crippen molar-refractivity contribution in [1.29, 1.82) is 0 Å². The van der Waals surface area contributed by atoms with Gasteiger partial charge in [0, 0.05) is 12.8 Å². The molecular weight excluding hydrogens is 647 g/mol. The molecule has 1 atom stereocenters. The van der Waals surface area contributed by atoms with Crippen molar-refractivity contribution in [2.24, 2.45) is 0 Å². The van der Waals surface area contributed by atoms with Crippen LogP contribution in [0.3, 0.4) is 0 Å². The van der Waals surface area contributed by atoms with Crippen molar-refractivity contribution < 1.29 is 24.2 Å². The molecule has 298 valence electrons. The number of carbonyl (C=O) groups is 3. The van der Waals surface area contributed by atoms with Gasteiger partial charge in [-0.25, -0.2) is 0 Å². The van der Waals surface area contributed by atoms with Crippen molar-refractivity contribution in [1.82, 2.24) is 5.32 Å². The van der Waals surface area contributed by atoms with E-state index >= 15 is 0 Å². The molecule has 52 heavy (non-hydrogen) atoms. The van der Waals surface area contributed by atoms with Crippen LogP contribution in [0.4, 0.5) is 0 Å². The van der Waals surface area contributed by atoms with E-state index in [-0.39, 0.29) is 24.5 Å². The van der Waals surface area contributed by atoms with Crippen molar-refractivity contribution in [3.05, 3.63) is 60.8 Å². The Morgan fingerprint density at radius 2 is 0.942 bits per heavy atom. The first-order valence-electron chi connectivity index (χ1n) is 21.4. The molecule has 6 nitrogen and oxygen atoms in total. The Labute approximate surface area is 320 Å². The molecule has 0 aliphatic carbocycles. The van der Waals surface area contributed by atoms with Gasteiger partial charge >= 0.3 is 11.9 Å². The highest BCUT2D eigenvalue weighted by Crippen LogP contribution is 2.19. The molecule has 0 bridgehead atoms. The summed E-state index contributed by atoms with van der Waals surface area (Å²) in [5, 5.41) is 11.1. The third-order valence-corrected chi connectivity index (χ3v) is 9.20. The third-order valence-electron chi connectivity index (χ3n) is 9.20. The Balaban J connectivity index is 4.22. The molecule has 0 rings (SSSR count). The molecule has 0 fully saturated rings. The number of ether oxygens (including phenoxy) is 1. The molecule has 0 heterocycles. The fraction of sp³-hybridized carbons (Fsp3) is 0.717. The van der Waals surface area contributed by atoms with Gasteiger partial charge in [-0.15, -0.1) is 0 Å². The van der Waals surface area contributed by atoms with E-state index in [1.165, 1.54) is 64.2 Å². The maximum absolute atomic E-state index is 12.7. The van der Waals surface area contributed by atoms with Gasteiger partial charge in [0.25, 0.3) is 0 Å². The molecule has 0 aromatic carbocycles. The molecule has 0 saturated carbocycles. The predicted octanol–water partition coefficient (Wildman–Crippen LogP) is 13.2. The lowest BCUT2D eigenvalue weighted by atomic mass is 10.0. The lowest BCUT2D eigenvalue weighted by Gasteiger charge is -2.18. The molecule has 2 N–H and O–H groups in total. The fourth-order valence-electron chi connectivity index (χ4n) is 6.07. The largest absolute Gasteiger partial charge is 0.480 e.